The Balaban J connectivity index is 1.21. The Hall–Kier alpha value is -5.08. The monoisotopic (exact) mass is 618 g/mol. The summed E-state index contributed by atoms with van der Waals surface area (Å²) in [6.07, 6.45) is 3.41. The zero-order valence-corrected chi connectivity index (χ0v) is 26.9. The van der Waals surface area contributed by atoms with E-state index in [1.807, 2.05) is 68.8 Å². The van der Waals surface area contributed by atoms with Crippen LogP contribution in [-0.2, 0) is 24.9 Å². The van der Waals surface area contributed by atoms with Crippen LogP contribution >= 0.6 is 0 Å². The van der Waals surface area contributed by atoms with Crippen molar-refractivity contribution in [2.24, 2.45) is 7.05 Å². The van der Waals surface area contributed by atoms with Gasteiger partial charge in [-0.25, -0.2) is 9.78 Å². The number of aryl methyl sites for hydroxylation is 1. The summed E-state index contributed by atoms with van der Waals surface area (Å²) in [6.45, 7) is 7.61. The Morgan fingerprint density at radius 3 is 2.61 bits per heavy atom. The summed E-state index contributed by atoms with van der Waals surface area (Å²) in [6, 6.07) is 17.8. The summed E-state index contributed by atoms with van der Waals surface area (Å²) >= 11 is 0. The van der Waals surface area contributed by atoms with Gasteiger partial charge in [0.1, 0.15) is 17.7 Å². The number of aromatic nitrogens is 4. The number of hydrogen-bond donors (Lipinski definition) is 1. The Morgan fingerprint density at radius 1 is 1.11 bits per heavy atom. The summed E-state index contributed by atoms with van der Waals surface area (Å²) in [5, 5.41) is 21.3. The number of hydrogen-bond acceptors (Lipinski definition) is 8. The van der Waals surface area contributed by atoms with E-state index in [-0.39, 0.29) is 12.0 Å². The van der Waals surface area contributed by atoms with E-state index in [1.54, 1.807) is 29.2 Å². The van der Waals surface area contributed by atoms with Crippen LogP contribution in [0.15, 0.2) is 54.9 Å². The number of nitrogens with zero attached hydrogens (tertiary/aromatic N) is 7. The number of likely N-dealkylation sites (N-methyl/N-ethyl adjacent to an activating group) is 1. The van der Waals surface area contributed by atoms with Gasteiger partial charge in [-0.05, 0) is 86.2 Å². The van der Waals surface area contributed by atoms with Gasteiger partial charge in [-0.1, -0.05) is 18.2 Å². The third-order valence-corrected chi connectivity index (χ3v) is 8.15. The Kier molecular flexibility index (Phi) is 8.32. The van der Waals surface area contributed by atoms with Gasteiger partial charge in [0.25, 0.3) is 5.91 Å². The first kappa shape index (κ1) is 30.9. The molecule has 0 saturated heterocycles. The molecule has 4 aromatic rings. The first-order valence-corrected chi connectivity index (χ1v) is 15.5. The highest BCUT2D eigenvalue weighted by molar-refractivity contribution is 6.10. The number of carbonyl (C=O) groups is 2. The van der Waals surface area contributed by atoms with Gasteiger partial charge >= 0.3 is 6.09 Å². The van der Waals surface area contributed by atoms with Gasteiger partial charge in [0.15, 0.2) is 5.82 Å². The fourth-order valence-electron chi connectivity index (χ4n) is 5.55. The number of fused-ring (bicyclic) bond motifs is 1. The lowest BCUT2D eigenvalue weighted by atomic mass is 9.96. The van der Waals surface area contributed by atoms with Crippen molar-refractivity contribution >= 4 is 17.8 Å². The van der Waals surface area contributed by atoms with Gasteiger partial charge in [-0.2, -0.15) is 5.26 Å². The molecular weight excluding hydrogens is 580 g/mol. The average Bonchev–Trinajstić information content (AvgIpc) is 3.72. The van der Waals surface area contributed by atoms with Crippen LogP contribution in [0.2, 0.25) is 0 Å². The molecule has 2 aromatic carbocycles. The van der Waals surface area contributed by atoms with Gasteiger partial charge in [0.2, 0.25) is 0 Å². The summed E-state index contributed by atoms with van der Waals surface area (Å²) in [5.41, 5.74) is 6.18. The van der Waals surface area contributed by atoms with Gasteiger partial charge in [0.05, 0.1) is 18.2 Å². The minimum Gasteiger partial charge on any atom is -0.444 e. The molecule has 1 saturated carbocycles. The van der Waals surface area contributed by atoms with Gasteiger partial charge < -0.3 is 19.5 Å². The van der Waals surface area contributed by atoms with Crippen molar-refractivity contribution in [3.8, 4) is 28.6 Å². The van der Waals surface area contributed by atoms with E-state index in [0.717, 1.165) is 46.4 Å². The van der Waals surface area contributed by atoms with Crippen LogP contribution in [0.25, 0.3) is 22.5 Å². The second kappa shape index (κ2) is 12.4. The predicted octanol–water partition coefficient (Wildman–Crippen LogP) is 5.41. The second-order valence-electron chi connectivity index (χ2n) is 13.0. The van der Waals surface area contributed by atoms with Crippen LogP contribution in [0.4, 0.5) is 10.6 Å². The molecule has 1 N–H and O–H groups in total. The molecule has 1 aliphatic heterocycles. The highest BCUT2D eigenvalue weighted by atomic mass is 16.6. The maximum Gasteiger partial charge on any atom is 0.410 e. The third-order valence-electron chi connectivity index (χ3n) is 8.15. The quantitative estimate of drug-likeness (QED) is 0.247. The zero-order chi connectivity index (χ0) is 32.6. The Morgan fingerprint density at radius 2 is 1.91 bits per heavy atom. The van der Waals surface area contributed by atoms with E-state index in [4.69, 9.17) is 9.72 Å². The van der Waals surface area contributed by atoms with Crippen molar-refractivity contribution in [2.45, 2.75) is 58.2 Å². The Bertz CT molecular complexity index is 1850. The molecule has 0 bridgehead atoms. The van der Waals surface area contributed by atoms with Crippen molar-refractivity contribution in [3.05, 3.63) is 82.8 Å². The molecule has 2 amide bonds. The molecule has 0 spiro atoms. The molecule has 236 valence electrons. The molecule has 1 aliphatic carbocycles. The topological polar surface area (TPSA) is 129 Å². The lowest BCUT2D eigenvalue weighted by Crippen LogP contribution is -2.37. The minimum absolute atomic E-state index is 0.0822. The molecule has 6 rings (SSSR count). The summed E-state index contributed by atoms with van der Waals surface area (Å²) in [7, 11) is 3.59. The van der Waals surface area contributed by atoms with Crippen LogP contribution in [-0.4, -0.2) is 62.4 Å². The van der Waals surface area contributed by atoms with Gasteiger partial charge in [-0.3, -0.25) is 9.69 Å². The molecule has 2 aromatic heterocycles. The molecular formula is C35H38N8O3. The van der Waals surface area contributed by atoms with E-state index < -0.39 is 5.60 Å². The number of rotatable bonds is 9. The number of nitrogens with one attached hydrogen (secondary N) is 1. The first-order valence-electron chi connectivity index (χ1n) is 15.5. The largest absolute Gasteiger partial charge is 0.444 e. The molecule has 46 heavy (non-hydrogen) atoms. The molecule has 0 unspecified atom stereocenters. The van der Waals surface area contributed by atoms with Crippen molar-refractivity contribution < 1.29 is 14.3 Å². The first-order chi connectivity index (χ1) is 22.0. The smallest absolute Gasteiger partial charge is 0.410 e. The van der Waals surface area contributed by atoms with E-state index in [9.17, 15) is 14.9 Å². The number of pyridine rings is 1. The fourth-order valence-corrected chi connectivity index (χ4v) is 5.55. The molecule has 0 atom stereocenters. The van der Waals surface area contributed by atoms with Crippen molar-refractivity contribution in [1.29, 1.82) is 5.26 Å². The van der Waals surface area contributed by atoms with Crippen LogP contribution in [0.5, 0.6) is 0 Å². The number of benzene rings is 2. The summed E-state index contributed by atoms with van der Waals surface area (Å²) in [4.78, 5) is 34.3. The van der Waals surface area contributed by atoms with Crippen LogP contribution in [0, 0.1) is 11.3 Å². The average molecular weight is 619 g/mol. The number of nitriles is 1. The number of carbonyl (C=O) groups excluding carboxylic acids is 2. The third kappa shape index (κ3) is 6.62. The zero-order valence-electron chi connectivity index (χ0n) is 26.9. The fraction of sp³-hybridized carbons (Fsp3) is 0.371. The van der Waals surface area contributed by atoms with Gasteiger partial charge in [0, 0.05) is 56.5 Å². The van der Waals surface area contributed by atoms with E-state index in [2.05, 4.69) is 27.6 Å². The van der Waals surface area contributed by atoms with Gasteiger partial charge in [-0.15, -0.1) is 10.2 Å². The van der Waals surface area contributed by atoms with Crippen LogP contribution < -0.4 is 10.2 Å². The SMILES string of the molecule is CN(CCNCc1ccc2c(c1)C(=O)N(c1cc(-c3ccc(C#N)cc3-c3nncn3C)cc(C3CC3)n1)C2)C(=O)OC(C)(C)C. The highest BCUT2D eigenvalue weighted by Gasteiger charge is 2.32. The molecule has 2 aliphatic rings. The molecule has 11 nitrogen and oxygen atoms in total. The van der Waals surface area contributed by atoms with Crippen LogP contribution in [0.3, 0.4) is 0 Å². The van der Waals surface area contributed by atoms with Crippen LogP contribution in [0.1, 0.15) is 72.3 Å². The number of ether oxygens (including phenoxy) is 1. The van der Waals surface area contributed by atoms with E-state index in [1.165, 1.54) is 0 Å². The lowest BCUT2D eigenvalue weighted by molar-refractivity contribution is 0.0300. The number of amides is 2. The van der Waals surface area contributed by atoms with E-state index in [0.29, 0.717) is 54.9 Å². The minimum atomic E-state index is -0.538. The predicted molar refractivity (Wildman–Crippen MR) is 174 cm³/mol. The maximum atomic E-state index is 13.8. The Labute approximate surface area is 268 Å². The summed E-state index contributed by atoms with van der Waals surface area (Å²) in [5.74, 6) is 1.54. The van der Waals surface area contributed by atoms with E-state index >= 15 is 0 Å². The van der Waals surface area contributed by atoms with Crippen molar-refractivity contribution in [1.82, 2.24) is 30.0 Å². The standard InChI is InChI=1S/C35H38N8O3/c1-35(2,3)46-34(45)41(4)13-12-37-19-23-6-8-25-20-43(33(44)28(25)15-23)31-17-26(16-30(39-31)24-9-10-24)27-11-7-22(18-36)14-29(27)32-40-38-21-42(32)5/h6-8,11,14-17,21,24,37H,9-10,12-13,19-20H2,1-5H3. The normalized spacial score (nSPS) is 14.3. The van der Waals surface area contributed by atoms with Crippen molar-refractivity contribution in [3.63, 3.8) is 0 Å². The molecule has 1 fully saturated rings. The summed E-state index contributed by atoms with van der Waals surface area (Å²) < 4.78 is 7.24. The molecule has 0 radical (unpaired) electrons. The molecule has 11 heteroatoms. The highest BCUT2D eigenvalue weighted by Crippen LogP contribution is 2.43. The van der Waals surface area contributed by atoms with Crippen molar-refractivity contribution in [2.75, 3.05) is 25.0 Å². The number of anilines is 1. The maximum absolute atomic E-state index is 13.8. The molecule has 3 heterocycles. The lowest BCUT2D eigenvalue weighted by Gasteiger charge is -2.24. The second-order valence-corrected chi connectivity index (χ2v) is 13.0.